The van der Waals surface area contributed by atoms with Crippen molar-refractivity contribution in [1.29, 1.82) is 0 Å². The van der Waals surface area contributed by atoms with E-state index < -0.39 is 12.2 Å². The van der Waals surface area contributed by atoms with Gasteiger partial charge >= 0.3 is 6.09 Å². The Kier molecular flexibility index (Phi) is 13.2. The maximum Gasteiger partial charge on any atom is 0.410 e. The van der Waals surface area contributed by atoms with Gasteiger partial charge in [0.2, 0.25) is 5.56 Å². The van der Waals surface area contributed by atoms with Crippen molar-refractivity contribution in [2.24, 2.45) is 0 Å². The number of aromatic amines is 1. The topological polar surface area (TPSA) is 104 Å². The third-order valence-corrected chi connectivity index (χ3v) is 8.31. The number of fused-ring (bicyclic) bond motifs is 1. The average molecular weight is 648 g/mol. The molecular formula is C40H45N3O5. The molecule has 0 aliphatic heterocycles. The Hall–Kier alpha value is -4.92. The number of nitrogens with one attached hydrogen (secondary N) is 2. The first-order valence-electron chi connectivity index (χ1n) is 16.8. The van der Waals surface area contributed by atoms with E-state index in [0.717, 1.165) is 56.3 Å². The normalized spacial score (nSPS) is 11.7. The van der Waals surface area contributed by atoms with Crippen molar-refractivity contribution in [2.75, 3.05) is 26.2 Å². The number of carbonyl (C=O) groups excluding carboxylic acids is 1. The van der Waals surface area contributed by atoms with Crippen LogP contribution in [0.3, 0.4) is 0 Å². The van der Waals surface area contributed by atoms with E-state index >= 15 is 0 Å². The molecule has 4 aromatic carbocycles. The van der Waals surface area contributed by atoms with E-state index in [9.17, 15) is 14.7 Å². The highest BCUT2D eigenvalue weighted by Crippen LogP contribution is 2.31. The second-order valence-corrected chi connectivity index (χ2v) is 11.9. The highest BCUT2D eigenvalue weighted by atomic mass is 16.6. The van der Waals surface area contributed by atoms with Gasteiger partial charge in [-0.3, -0.25) is 4.79 Å². The third-order valence-electron chi connectivity index (χ3n) is 8.31. The molecule has 1 heterocycles. The lowest BCUT2D eigenvalue weighted by molar-refractivity contribution is 0.0682. The van der Waals surface area contributed by atoms with Gasteiger partial charge in [-0.25, -0.2) is 4.79 Å². The summed E-state index contributed by atoms with van der Waals surface area (Å²) in [4.78, 5) is 30.1. The van der Waals surface area contributed by atoms with E-state index in [1.807, 2.05) is 66.7 Å². The lowest BCUT2D eigenvalue weighted by atomic mass is 10.0. The SMILES string of the molecule is O=C(OCc1ccccc1)N(CCCCCCNCCc1ccccc1)C[C@H](O)c1ccc(OCc2ccccc2)c2[nH]c(=O)ccc12. The first-order chi connectivity index (χ1) is 23.6. The quantitative estimate of drug-likeness (QED) is 0.0872. The minimum Gasteiger partial charge on any atom is -0.487 e. The molecule has 3 N–H and O–H groups in total. The van der Waals surface area contributed by atoms with Gasteiger partial charge in [-0.2, -0.15) is 0 Å². The molecule has 0 unspecified atom stereocenters. The summed E-state index contributed by atoms with van der Waals surface area (Å²) in [6, 6.07) is 36.5. The Morgan fingerprint density at radius 1 is 0.729 bits per heavy atom. The smallest absolute Gasteiger partial charge is 0.410 e. The number of aromatic nitrogens is 1. The van der Waals surface area contributed by atoms with Gasteiger partial charge in [0.05, 0.1) is 18.2 Å². The summed E-state index contributed by atoms with van der Waals surface area (Å²) in [5, 5.41) is 15.7. The van der Waals surface area contributed by atoms with E-state index in [1.165, 1.54) is 11.6 Å². The van der Waals surface area contributed by atoms with Crippen LogP contribution in [-0.4, -0.2) is 47.3 Å². The second-order valence-electron chi connectivity index (χ2n) is 11.9. The summed E-state index contributed by atoms with van der Waals surface area (Å²) in [6.45, 7) is 2.89. The van der Waals surface area contributed by atoms with Gasteiger partial charge in [-0.1, -0.05) is 110 Å². The number of ether oxygens (including phenoxy) is 2. The summed E-state index contributed by atoms with van der Waals surface area (Å²) < 4.78 is 11.8. The number of carbonyl (C=O) groups is 1. The fourth-order valence-corrected chi connectivity index (χ4v) is 5.68. The number of amides is 1. The Balaban J connectivity index is 1.19. The van der Waals surface area contributed by atoms with Crippen LogP contribution in [0.1, 0.15) is 54.0 Å². The van der Waals surface area contributed by atoms with Gasteiger partial charge in [0.1, 0.15) is 19.0 Å². The molecular weight excluding hydrogens is 602 g/mol. The number of nitrogens with zero attached hydrogens (tertiary/aromatic N) is 1. The van der Waals surface area contributed by atoms with Crippen molar-refractivity contribution < 1.29 is 19.4 Å². The Morgan fingerprint density at radius 3 is 2.08 bits per heavy atom. The Labute approximate surface area is 282 Å². The number of aliphatic hydroxyl groups excluding tert-OH is 1. The maximum atomic E-state index is 13.3. The van der Waals surface area contributed by atoms with Gasteiger partial charge in [0.15, 0.2) is 0 Å². The minimum absolute atomic E-state index is 0.0487. The average Bonchev–Trinajstić information content (AvgIpc) is 3.12. The van der Waals surface area contributed by atoms with Gasteiger partial charge < -0.3 is 29.8 Å². The van der Waals surface area contributed by atoms with Gasteiger partial charge in [0, 0.05) is 18.0 Å². The largest absolute Gasteiger partial charge is 0.487 e. The standard InChI is InChI=1S/C40H45N3O5/c44-36(34-20-22-37(39-35(34)21-23-38(45)42-39)47-29-32-16-8-4-9-17-32)28-43(40(46)48-30-33-18-10-5-11-19-33)27-13-2-1-12-25-41-26-24-31-14-6-3-7-15-31/h3-11,14-23,36,41,44H,1-2,12-13,24-30H2,(H,42,45)/t36-/m0/s1. The molecule has 0 bridgehead atoms. The molecule has 1 aromatic heterocycles. The van der Waals surface area contributed by atoms with Crippen molar-refractivity contribution in [1.82, 2.24) is 15.2 Å². The highest BCUT2D eigenvalue weighted by Gasteiger charge is 2.22. The number of pyridine rings is 1. The fraction of sp³-hybridized carbons (Fsp3) is 0.300. The van der Waals surface area contributed by atoms with E-state index in [2.05, 4.69) is 34.6 Å². The summed E-state index contributed by atoms with van der Waals surface area (Å²) >= 11 is 0. The summed E-state index contributed by atoms with van der Waals surface area (Å²) in [5.74, 6) is 0.510. The minimum atomic E-state index is -1.01. The highest BCUT2D eigenvalue weighted by molar-refractivity contribution is 5.87. The molecule has 0 spiro atoms. The van der Waals surface area contributed by atoms with Crippen LogP contribution < -0.4 is 15.6 Å². The Bertz CT molecular complexity index is 1750. The van der Waals surface area contributed by atoms with Crippen LogP contribution >= 0.6 is 0 Å². The van der Waals surface area contributed by atoms with Crippen molar-refractivity contribution in [2.45, 2.75) is 51.4 Å². The van der Waals surface area contributed by atoms with Crippen LogP contribution in [0.25, 0.3) is 10.9 Å². The van der Waals surface area contributed by atoms with E-state index in [4.69, 9.17) is 9.47 Å². The lowest BCUT2D eigenvalue weighted by Crippen LogP contribution is -2.36. The molecule has 0 saturated heterocycles. The number of unbranched alkanes of at least 4 members (excludes halogenated alkanes) is 3. The van der Waals surface area contributed by atoms with Crippen molar-refractivity contribution in [3.8, 4) is 5.75 Å². The molecule has 8 nitrogen and oxygen atoms in total. The van der Waals surface area contributed by atoms with Gasteiger partial charge in [-0.15, -0.1) is 0 Å². The lowest BCUT2D eigenvalue weighted by Gasteiger charge is -2.26. The zero-order chi connectivity index (χ0) is 33.4. The predicted molar refractivity (Wildman–Crippen MR) is 190 cm³/mol. The van der Waals surface area contributed by atoms with Gasteiger partial charge in [-0.05, 0) is 66.7 Å². The molecule has 250 valence electrons. The van der Waals surface area contributed by atoms with Crippen molar-refractivity contribution in [3.05, 3.63) is 148 Å². The molecule has 1 amide bonds. The van der Waals surface area contributed by atoms with E-state index in [0.29, 0.717) is 35.4 Å². The first-order valence-corrected chi connectivity index (χ1v) is 16.8. The first kappa shape index (κ1) is 34.4. The van der Waals surface area contributed by atoms with E-state index in [-0.39, 0.29) is 18.7 Å². The molecule has 48 heavy (non-hydrogen) atoms. The number of rotatable bonds is 18. The number of hydrogen-bond donors (Lipinski definition) is 3. The zero-order valence-corrected chi connectivity index (χ0v) is 27.4. The molecule has 0 aliphatic carbocycles. The predicted octanol–water partition coefficient (Wildman–Crippen LogP) is 7.17. The zero-order valence-electron chi connectivity index (χ0n) is 27.4. The molecule has 1 atom stereocenters. The summed E-state index contributed by atoms with van der Waals surface area (Å²) in [7, 11) is 0. The van der Waals surface area contributed by atoms with Gasteiger partial charge in [0.25, 0.3) is 0 Å². The molecule has 8 heteroatoms. The monoisotopic (exact) mass is 647 g/mol. The van der Waals surface area contributed by atoms with Crippen LogP contribution in [0.4, 0.5) is 4.79 Å². The molecule has 5 aromatic rings. The molecule has 0 fully saturated rings. The molecule has 0 saturated carbocycles. The molecule has 0 radical (unpaired) electrons. The second kappa shape index (κ2) is 18.4. The third kappa shape index (κ3) is 10.6. The van der Waals surface area contributed by atoms with Crippen LogP contribution in [0.5, 0.6) is 5.75 Å². The summed E-state index contributed by atoms with van der Waals surface area (Å²) in [6.07, 6.45) is 3.36. The van der Waals surface area contributed by atoms with Crippen molar-refractivity contribution >= 4 is 17.0 Å². The summed E-state index contributed by atoms with van der Waals surface area (Å²) in [5.41, 5.74) is 4.06. The number of H-pyrrole nitrogens is 1. The van der Waals surface area contributed by atoms with Crippen LogP contribution in [0.2, 0.25) is 0 Å². The number of benzene rings is 4. The number of aliphatic hydroxyl groups is 1. The maximum absolute atomic E-state index is 13.3. The molecule has 0 aliphatic rings. The molecule has 5 rings (SSSR count). The Morgan fingerprint density at radius 2 is 1.38 bits per heavy atom. The van der Waals surface area contributed by atoms with E-state index in [1.54, 1.807) is 23.1 Å². The van der Waals surface area contributed by atoms with Crippen LogP contribution in [0, 0.1) is 0 Å². The van der Waals surface area contributed by atoms with Crippen LogP contribution in [0.15, 0.2) is 120 Å². The van der Waals surface area contributed by atoms with Crippen LogP contribution in [-0.2, 0) is 24.4 Å². The number of hydrogen-bond acceptors (Lipinski definition) is 6. The fourth-order valence-electron chi connectivity index (χ4n) is 5.68. The van der Waals surface area contributed by atoms with Crippen molar-refractivity contribution in [3.63, 3.8) is 0 Å².